The zero-order valence-electron chi connectivity index (χ0n) is 14.5. The minimum Gasteiger partial charge on any atom is -0.328 e. The van der Waals surface area contributed by atoms with Gasteiger partial charge in [0.05, 0.1) is 0 Å². The molecule has 1 aromatic heterocycles. The molecule has 0 aliphatic carbocycles. The van der Waals surface area contributed by atoms with Crippen LogP contribution in [0, 0.1) is 0 Å². The van der Waals surface area contributed by atoms with Crippen molar-refractivity contribution >= 4 is 35.1 Å². The van der Waals surface area contributed by atoms with Crippen molar-refractivity contribution < 1.29 is 4.79 Å². The normalized spacial score (nSPS) is 16.6. The maximum Gasteiger partial charge on any atom is 0.227 e. The van der Waals surface area contributed by atoms with Gasteiger partial charge in [-0.25, -0.2) is 4.68 Å². The Morgan fingerprint density at radius 1 is 1.44 bits per heavy atom. The van der Waals surface area contributed by atoms with Gasteiger partial charge in [-0.05, 0) is 38.0 Å². The Morgan fingerprint density at radius 3 is 2.92 bits per heavy atom. The van der Waals surface area contributed by atoms with Crippen LogP contribution in [0.25, 0.3) is 0 Å². The summed E-state index contributed by atoms with van der Waals surface area (Å²) in [5, 5.41) is 9.23. The molecule has 2 aromatic rings. The van der Waals surface area contributed by atoms with Crippen molar-refractivity contribution in [3.63, 3.8) is 0 Å². The van der Waals surface area contributed by atoms with Crippen molar-refractivity contribution in [2.75, 3.05) is 11.1 Å². The highest BCUT2D eigenvalue weighted by Crippen LogP contribution is 2.37. The van der Waals surface area contributed by atoms with E-state index in [2.05, 4.69) is 22.3 Å². The van der Waals surface area contributed by atoms with Crippen LogP contribution in [0.15, 0.2) is 40.7 Å². The first-order valence-electron chi connectivity index (χ1n) is 8.34. The largest absolute Gasteiger partial charge is 0.328 e. The third kappa shape index (κ3) is 3.75. The fraction of sp³-hybridized carbons (Fsp3) is 0.389. The molecule has 1 atom stereocenters. The van der Waals surface area contributed by atoms with Gasteiger partial charge in [0.25, 0.3) is 0 Å². The number of Topliss-reactive ketones (excluding diaryl/α,β-unsaturated/α-hetero) is 1. The van der Waals surface area contributed by atoms with E-state index in [0.717, 1.165) is 35.0 Å². The molecule has 1 unspecified atom stereocenters. The summed E-state index contributed by atoms with van der Waals surface area (Å²) in [5.41, 5.74) is 2.42. The van der Waals surface area contributed by atoms with Gasteiger partial charge < -0.3 is 5.32 Å². The molecule has 2 heterocycles. The highest BCUT2D eigenvalue weighted by molar-refractivity contribution is 7.99. The average Bonchev–Trinajstić information content (AvgIpc) is 2.95. The minimum atomic E-state index is -0.319. The van der Waals surface area contributed by atoms with Crippen molar-refractivity contribution in [2.45, 2.75) is 44.8 Å². The van der Waals surface area contributed by atoms with E-state index in [1.165, 1.54) is 0 Å². The van der Waals surface area contributed by atoms with Gasteiger partial charge >= 0.3 is 0 Å². The van der Waals surface area contributed by atoms with Crippen LogP contribution in [0.3, 0.4) is 0 Å². The number of fused-ring (bicyclic) bond motifs is 1. The molecule has 7 heteroatoms. The molecule has 0 saturated heterocycles. The summed E-state index contributed by atoms with van der Waals surface area (Å²) in [6, 6.07) is 7.24. The van der Waals surface area contributed by atoms with Crippen LogP contribution in [0.1, 0.15) is 45.2 Å². The number of nitrogens with one attached hydrogen (secondary N) is 1. The number of hydrogen-bond donors (Lipinski definition) is 1. The quantitative estimate of drug-likeness (QED) is 0.584. The highest BCUT2D eigenvalue weighted by Gasteiger charge is 2.32. The second kappa shape index (κ2) is 7.62. The number of hydrogen-bond acceptors (Lipinski definition) is 5. The SMILES string of the molecule is CCCCSc1nc2n(n1)C(c1cccc(Cl)c1)C(C(C)=O)=C(C)N2. The monoisotopic (exact) mass is 376 g/mol. The summed E-state index contributed by atoms with van der Waals surface area (Å²) in [6.07, 6.45) is 2.26. The molecule has 1 N–H and O–H groups in total. The van der Waals surface area contributed by atoms with Crippen molar-refractivity contribution in [1.29, 1.82) is 0 Å². The molecule has 0 bridgehead atoms. The molecular weight excluding hydrogens is 356 g/mol. The number of thioether (sulfide) groups is 1. The summed E-state index contributed by atoms with van der Waals surface area (Å²) in [5.74, 6) is 1.65. The van der Waals surface area contributed by atoms with Gasteiger partial charge in [0, 0.05) is 22.0 Å². The zero-order chi connectivity index (χ0) is 18.0. The Morgan fingerprint density at radius 2 is 2.24 bits per heavy atom. The number of carbonyl (C=O) groups excluding carboxylic acids is 1. The van der Waals surface area contributed by atoms with Crippen molar-refractivity contribution in [3.05, 3.63) is 46.1 Å². The number of aromatic nitrogens is 3. The maximum absolute atomic E-state index is 12.3. The van der Waals surface area contributed by atoms with E-state index in [1.54, 1.807) is 23.4 Å². The highest BCUT2D eigenvalue weighted by atomic mass is 35.5. The van der Waals surface area contributed by atoms with Gasteiger partial charge in [-0.2, -0.15) is 4.98 Å². The number of halogens is 1. The third-order valence-corrected chi connectivity index (χ3v) is 5.26. The van der Waals surface area contributed by atoms with E-state index in [4.69, 9.17) is 11.6 Å². The van der Waals surface area contributed by atoms with Crippen LogP contribution < -0.4 is 5.32 Å². The zero-order valence-corrected chi connectivity index (χ0v) is 16.1. The minimum absolute atomic E-state index is 0.0105. The Labute approximate surface area is 156 Å². The Bertz CT molecular complexity index is 830. The van der Waals surface area contributed by atoms with E-state index in [-0.39, 0.29) is 11.8 Å². The fourth-order valence-corrected chi connectivity index (χ4v) is 4.05. The van der Waals surface area contributed by atoms with E-state index in [0.29, 0.717) is 16.5 Å². The van der Waals surface area contributed by atoms with Gasteiger partial charge in [0.2, 0.25) is 11.1 Å². The molecule has 1 aliphatic rings. The molecule has 5 nitrogen and oxygen atoms in total. The summed E-state index contributed by atoms with van der Waals surface area (Å²) in [6.45, 7) is 5.64. The Hall–Kier alpha value is -1.79. The molecule has 0 fully saturated rings. The van der Waals surface area contributed by atoms with Gasteiger partial charge in [0.1, 0.15) is 6.04 Å². The first-order valence-corrected chi connectivity index (χ1v) is 9.71. The lowest BCUT2D eigenvalue weighted by Crippen LogP contribution is -2.27. The van der Waals surface area contributed by atoms with Crippen LogP contribution in [-0.4, -0.2) is 26.3 Å². The van der Waals surface area contributed by atoms with E-state index < -0.39 is 0 Å². The first kappa shape index (κ1) is 18.0. The Balaban J connectivity index is 2.05. The predicted octanol–water partition coefficient (Wildman–Crippen LogP) is 4.70. The summed E-state index contributed by atoms with van der Waals surface area (Å²) in [4.78, 5) is 16.9. The first-order chi connectivity index (χ1) is 12.0. The summed E-state index contributed by atoms with van der Waals surface area (Å²) >= 11 is 7.82. The third-order valence-electron chi connectivity index (χ3n) is 4.11. The lowest BCUT2D eigenvalue weighted by atomic mass is 9.93. The molecular formula is C18H21ClN4OS. The van der Waals surface area contributed by atoms with Crippen molar-refractivity contribution in [2.24, 2.45) is 0 Å². The Kier molecular flexibility index (Phi) is 5.49. The van der Waals surface area contributed by atoms with Crippen molar-refractivity contribution in [1.82, 2.24) is 14.8 Å². The second-order valence-electron chi connectivity index (χ2n) is 6.04. The van der Waals surface area contributed by atoms with Crippen LogP contribution in [0.4, 0.5) is 5.95 Å². The number of benzene rings is 1. The van der Waals surface area contributed by atoms with Crippen LogP contribution in [-0.2, 0) is 4.79 Å². The van der Waals surface area contributed by atoms with Gasteiger partial charge in [-0.3, -0.25) is 4.79 Å². The molecule has 0 saturated carbocycles. The molecule has 0 spiro atoms. The molecule has 0 amide bonds. The molecule has 132 valence electrons. The van der Waals surface area contributed by atoms with Crippen molar-refractivity contribution in [3.8, 4) is 0 Å². The van der Waals surface area contributed by atoms with Gasteiger partial charge in [0.15, 0.2) is 5.78 Å². The van der Waals surface area contributed by atoms with E-state index in [9.17, 15) is 4.79 Å². The molecule has 25 heavy (non-hydrogen) atoms. The lowest BCUT2D eigenvalue weighted by Gasteiger charge is -2.28. The summed E-state index contributed by atoms with van der Waals surface area (Å²) in [7, 11) is 0. The number of anilines is 1. The summed E-state index contributed by atoms with van der Waals surface area (Å²) < 4.78 is 1.80. The maximum atomic E-state index is 12.3. The molecule has 3 rings (SSSR count). The van der Waals surface area contributed by atoms with Gasteiger partial charge in [-0.1, -0.05) is 48.8 Å². The number of carbonyl (C=O) groups is 1. The van der Waals surface area contributed by atoms with E-state index in [1.807, 2.05) is 31.2 Å². The number of nitrogens with zero attached hydrogens (tertiary/aromatic N) is 3. The number of allylic oxidation sites excluding steroid dienone is 2. The number of rotatable bonds is 6. The molecule has 1 aliphatic heterocycles. The number of ketones is 1. The van der Waals surface area contributed by atoms with Crippen LogP contribution in [0.5, 0.6) is 0 Å². The average molecular weight is 377 g/mol. The predicted molar refractivity (Wildman–Crippen MR) is 102 cm³/mol. The number of unbranched alkanes of at least 4 members (excludes halogenated alkanes) is 1. The molecule has 0 radical (unpaired) electrons. The van der Waals surface area contributed by atoms with Crippen LogP contribution in [0.2, 0.25) is 5.02 Å². The lowest BCUT2D eigenvalue weighted by molar-refractivity contribution is -0.114. The molecule has 1 aromatic carbocycles. The smallest absolute Gasteiger partial charge is 0.227 e. The topological polar surface area (TPSA) is 59.8 Å². The van der Waals surface area contributed by atoms with Crippen LogP contribution >= 0.6 is 23.4 Å². The standard InChI is InChI=1S/C18H21ClN4OS/c1-4-5-9-25-18-21-17-20-11(2)15(12(3)24)16(23(17)22-18)13-7-6-8-14(19)10-13/h6-8,10,16H,4-5,9H2,1-3H3,(H,20,21,22). The second-order valence-corrected chi connectivity index (χ2v) is 7.54. The van der Waals surface area contributed by atoms with E-state index >= 15 is 0 Å². The fourth-order valence-electron chi connectivity index (χ4n) is 2.94. The van der Waals surface area contributed by atoms with Gasteiger partial charge in [-0.15, -0.1) is 5.10 Å².